The summed E-state index contributed by atoms with van der Waals surface area (Å²) >= 11 is 5.93. The lowest BCUT2D eigenvalue weighted by Gasteiger charge is -2.09. The third kappa shape index (κ3) is 4.74. The molecule has 0 atom stereocenters. The van der Waals surface area contributed by atoms with E-state index in [9.17, 15) is 9.18 Å². The molecule has 0 aliphatic heterocycles. The van der Waals surface area contributed by atoms with Crippen molar-refractivity contribution >= 4 is 17.5 Å². The zero-order valence-corrected chi connectivity index (χ0v) is 13.0. The van der Waals surface area contributed by atoms with Gasteiger partial charge in [-0.2, -0.15) is 0 Å². The summed E-state index contributed by atoms with van der Waals surface area (Å²) in [6.45, 7) is 2.59. The fraction of sp³-hybridized carbons (Fsp3) is 0.235. The first-order valence-electron chi connectivity index (χ1n) is 6.95. The van der Waals surface area contributed by atoms with E-state index in [1.807, 2.05) is 13.0 Å². The van der Waals surface area contributed by atoms with E-state index >= 15 is 0 Å². The van der Waals surface area contributed by atoms with Gasteiger partial charge in [-0.25, -0.2) is 4.39 Å². The van der Waals surface area contributed by atoms with E-state index in [0.717, 1.165) is 5.56 Å². The Hall–Kier alpha value is -2.07. The Morgan fingerprint density at radius 2 is 2.05 bits per heavy atom. The summed E-state index contributed by atoms with van der Waals surface area (Å²) < 4.78 is 18.9. The quantitative estimate of drug-likeness (QED) is 0.827. The molecule has 0 spiro atoms. The molecule has 0 saturated heterocycles. The maximum Gasteiger partial charge on any atom is 0.224 e. The van der Waals surface area contributed by atoms with E-state index in [-0.39, 0.29) is 18.1 Å². The van der Waals surface area contributed by atoms with Gasteiger partial charge in [0.05, 0.1) is 13.0 Å². The van der Waals surface area contributed by atoms with Crippen molar-refractivity contribution in [2.75, 3.05) is 13.2 Å². The van der Waals surface area contributed by atoms with Crippen molar-refractivity contribution in [3.05, 3.63) is 64.4 Å². The predicted molar refractivity (Wildman–Crippen MR) is 84.8 cm³/mol. The number of carbonyl (C=O) groups is 1. The Bertz CT molecular complexity index is 661. The van der Waals surface area contributed by atoms with Crippen molar-refractivity contribution in [2.45, 2.75) is 13.3 Å². The number of hydrogen-bond donors (Lipinski definition) is 1. The van der Waals surface area contributed by atoms with Crippen molar-refractivity contribution in [3.8, 4) is 5.75 Å². The number of carbonyl (C=O) groups excluding carboxylic acids is 1. The van der Waals surface area contributed by atoms with Gasteiger partial charge in [-0.05, 0) is 42.3 Å². The molecule has 2 aromatic carbocycles. The van der Waals surface area contributed by atoms with Crippen molar-refractivity contribution in [1.29, 1.82) is 0 Å². The molecular weight excluding hydrogens is 305 g/mol. The molecule has 0 fully saturated rings. The topological polar surface area (TPSA) is 38.3 Å². The Labute approximate surface area is 134 Å². The van der Waals surface area contributed by atoms with Crippen LogP contribution in [0.4, 0.5) is 4.39 Å². The maximum absolute atomic E-state index is 13.4. The van der Waals surface area contributed by atoms with Crippen molar-refractivity contribution in [1.82, 2.24) is 5.32 Å². The molecule has 0 aliphatic rings. The van der Waals surface area contributed by atoms with Crippen molar-refractivity contribution < 1.29 is 13.9 Å². The highest BCUT2D eigenvalue weighted by Crippen LogP contribution is 2.20. The summed E-state index contributed by atoms with van der Waals surface area (Å²) in [6, 6.07) is 11.6. The molecule has 2 aromatic rings. The largest absolute Gasteiger partial charge is 0.492 e. The number of ether oxygens (including phenoxy) is 1. The van der Waals surface area contributed by atoms with Gasteiger partial charge in [0, 0.05) is 5.02 Å². The summed E-state index contributed by atoms with van der Waals surface area (Å²) in [6.07, 6.45) is 0.0206. The highest BCUT2D eigenvalue weighted by Gasteiger charge is 2.07. The van der Waals surface area contributed by atoms with E-state index in [0.29, 0.717) is 29.5 Å². The summed E-state index contributed by atoms with van der Waals surface area (Å²) in [7, 11) is 0. The number of nitrogens with one attached hydrogen (secondary N) is 1. The average Bonchev–Trinajstić information content (AvgIpc) is 2.49. The zero-order valence-electron chi connectivity index (χ0n) is 12.2. The van der Waals surface area contributed by atoms with Crippen LogP contribution in [0.3, 0.4) is 0 Å². The van der Waals surface area contributed by atoms with Crippen LogP contribution in [0.2, 0.25) is 5.02 Å². The smallest absolute Gasteiger partial charge is 0.224 e. The van der Waals surface area contributed by atoms with E-state index in [2.05, 4.69) is 5.32 Å². The van der Waals surface area contributed by atoms with E-state index in [4.69, 9.17) is 16.3 Å². The second kappa shape index (κ2) is 7.80. The molecule has 0 unspecified atom stereocenters. The summed E-state index contributed by atoms with van der Waals surface area (Å²) in [5, 5.41) is 3.38. The van der Waals surface area contributed by atoms with E-state index < -0.39 is 0 Å². The number of amides is 1. The van der Waals surface area contributed by atoms with Crippen LogP contribution in [0.1, 0.15) is 11.1 Å². The first-order chi connectivity index (χ1) is 10.6. The fourth-order valence-corrected chi connectivity index (χ4v) is 2.06. The first kappa shape index (κ1) is 16.3. The van der Waals surface area contributed by atoms with Crippen LogP contribution < -0.4 is 10.1 Å². The Morgan fingerprint density at radius 3 is 2.77 bits per heavy atom. The summed E-state index contributed by atoms with van der Waals surface area (Å²) in [5.41, 5.74) is 1.32. The lowest BCUT2D eigenvalue weighted by molar-refractivity contribution is -0.120. The minimum atomic E-state index is -0.370. The van der Waals surface area contributed by atoms with Gasteiger partial charge in [-0.1, -0.05) is 29.8 Å². The molecule has 2 rings (SSSR count). The third-order valence-corrected chi connectivity index (χ3v) is 3.56. The van der Waals surface area contributed by atoms with Gasteiger partial charge in [-0.3, -0.25) is 4.79 Å². The van der Waals surface area contributed by atoms with Crippen LogP contribution in [0.25, 0.3) is 0 Å². The van der Waals surface area contributed by atoms with Gasteiger partial charge < -0.3 is 10.1 Å². The molecular formula is C17H17ClFNO2. The van der Waals surface area contributed by atoms with Gasteiger partial charge in [-0.15, -0.1) is 0 Å². The minimum Gasteiger partial charge on any atom is -0.492 e. The number of aryl methyl sites for hydroxylation is 1. The standard InChI is InChI=1S/C17H17ClFNO2/c1-12-10-14(6-7-15(12)18)22-9-8-20-17(21)11-13-4-2-3-5-16(13)19/h2-7,10H,8-9,11H2,1H3,(H,20,21). The lowest BCUT2D eigenvalue weighted by atomic mass is 10.1. The molecule has 5 heteroatoms. The zero-order chi connectivity index (χ0) is 15.9. The van der Waals surface area contributed by atoms with Crippen LogP contribution in [0.5, 0.6) is 5.75 Å². The molecule has 3 nitrogen and oxygen atoms in total. The van der Waals surface area contributed by atoms with Crippen LogP contribution >= 0.6 is 11.6 Å². The number of rotatable bonds is 6. The van der Waals surface area contributed by atoms with E-state index in [1.54, 1.807) is 30.3 Å². The normalized spacial score (nSPS) is 10.3. The highest BCUT2D eigenvalue weighted by molar-refractivity contribution is 6.31. The predicted octanol–water partition coefficient (Wildman–Crippen LogP) is 3.53. The molecule has 0 aromatic heterocycles. The molecule has 0 aliphatic carbocycles. The summed E-state index contributed by atoms with van der Waals surface area (Å²) in [5.74, 6) is 0.0942. The Balaban J connectivity index is 1.73. The molecule has 0 bridgehead atoms. The summed E-state index contributed by atoms with van der Waals surface area (Å²) in [4.78, 5) is 11.7. The Kier molecular flexibility index (Phi) is 5.78. The van der Waals surface area contributed by atoms with Gasteiger partial charge >= 0.3 is 0 Å². The van der Waals surface area contributed by atoms with Crippen LogP contribution in [-0.2, 0) is 11.2 Å². The number of hydrogen-bond acceptors (Lipinski definition) is 2. The monoisotopic (exact) mass is 321 g/mol. The molecule has 1 N–H and O–H groups in total. The van der Waals surface area contributed by atoms with Gasteiger partial charge in [0.15, 0.2) is 0 Å². The highest BCUT2D eigenvalue weighted by atomic mass is 35.5. The average molecular weight is 322 g/mol. The third-order valence-electron chi connectivity index (χ3n) is 3.13. The van der Waals surface area contributed by atoms with Gasteiger partial charge in [0.2, 0.25) is 5.91 Å². The molecule has 22 heavy (non-hydrogen) atoms. The van der Waals surface area contributed by atoms with Crippen molar-refractivity contribution in [3.63, 3.8) is 0 Å². The second-order valence-electron chi connectivity index (χ2n) is 4.88. The molecule has 1 amide bonds. The number of benzene rings is 2. The first-order valence-corrected chi connectivity index (χ1v) is 7.33. The molecule has 0 radical (unpaired) electrons. The fourth-order valence-electron chi connectivity index (χ4n) is 1.94. The SMILES string of the molecule is Cc1cc(OCCNC(=O)Cc2ccccc2F)ccc1Cl. The minimum absolute atomic E-state index is 0.0206. The van der Waals surface area contributed by atoms with Gasteiger partial charge in [0.25, 0.3) is 0 Å². The number of halogens is 2. The second-order valence-corrected chi connectivity index (χ2v) is 5.28. The molecule has 0 heterocycles. The van der Waals surface area contributed by atoms with Gasteiger partial charge in [0.1, 0.15) is 18.2 Å². The Morgan fingerprint density at radius 1 is 1.27 bits per heavy atom. The maximum atomic E-state index is 13.4. The lowest BCUT2D eigenvalue weighted by Crippen LogP contribution is -2.29. The van der Waals surface area contributed by atoms with Crippen LogP contribution in [0.15, 0.2) is 42.5 Å². The van der Waals surface area contributed by atoms with Crippen LogP contribution in [0, 0.1) is 12.7 Å². The van der Waals surface area contributed by atoms with E-state index in [1.165, 1.54) is 6.07 Å². The molecule has 0 saturated carbocycles. The molecule has 116 valence electrons. The van der Waals surface area contributed by atoms with Crippen LogP contribution in [-0.4, -0.2) is 19.1 Å². The van der Waals surface area contributed by atoms with Crippen molar-refractivity contribution in [2.24, 2.45) is 0 Å².